The van der Waals surface area contributed by atoms with Gasteiger partial charge in [0.2, 0.25) is 5.91 Å². The second kappa shape index (κ2) is 5.58. The Hall–Kier alpha value is -2.37. The second-order valence-electron chi connectivity index (χ2n) is 9.16. The summed E-state index contributed by atoms with van der Waals surface area (Å²) in [5.74, 6) is -0.515. The van der Waals surface area contributed by atoms with Gasteiger partial charge in [0.05, 0.1) is 22.4 Å². The van der Waals surface area contributed by atoms with Crippen molar-refractivity contribution in [2.45, 2.75) is 44.9 Å². The van der Waals surface area contributed by atoms with Crippen molar-refractivity contribution in [3.8, 4) is 11.3 Å². The van der Waals surface area contributed by atoms with Gasteiger partial charge in [-0.2, -0.15) is 5.10 Å². The summed E-state index contributed by atoms with van der Waals surface area (Å²) >= 11 is 0. The summed E-state index contributed by atoms with van der Waals surface area (Å²) in [7, 11) is 0. The van der Waals surface area contributed by atoms with Crippen molar-refractivity contribution in [3.05, 3.63) is 47.2 Å². The van der Waals surface area contributed by atoms with E-state index in [0.29, 0.717) is 11.6 Å². The van der Waals surface area contributed by atoms with Crippen LogP contribution in [0.3, 0.4) is 0 Å². The highest BCUT2D eigenvalue weighted by Crippen LogP contribution is 2.68. The Balaban J connectivity index is 1.64. The van der Waals surface area contributed by atoms with Crippen LogP contribution < -0.4 is 0 Å². The van der Waals surface area contributed by atoms with E-state index in [1.807, 2.05) is 4.90 Å². The van der Waals surface area contributed by atoms with Gasteiger partial charge in [-0.05, 0) is 53.9 Å². The number of rotatable bonds is 2. The molecule has 1 aromatic heterocycles. The Morgan fingerprint density at radius 1 is 1.18 bits per heavy atom. The molecule has 2 aromatic rings. The summed E-state index contributed by atoms with van der Waals surface area (Å²) in [6.45, 7) is 7.94. The van der Waals surface area contributed by atoms with E-state index in [1.165, 1.54) is 18.2 Å². The molecule has 2 atom stereocenters. The lowest BCUT2D eigenvalue weighted by molar-refractivity contribution is -0.147. The fraction of sp³-hybridized carbons (Fsp3) is 0.500. The predicted octanol–water partition coefficient (Wildman–Crippen LogP) is 4.06. The quantitative estimate of drug-likeness (QED) is 0.786. The van der Waals surface area contributed by atoms with Crippen LogP contribution in [0, 0.1) is 23.0 Å². The molecule has 4 nitrogen and oxygen atoms in total. The standard InChI is InChI=1S/C22H23F2N3O/c1-12-10-27(11-12)20(28)22-8-7-14(21(22,2)3)13-9-17(25-26-19(13)22)18-15(23)5-4-6-16(18)24/h4-6,9,12,14H,7-8,10-11H2,1-3H3. The van der Waals surface area contributed by atoms with Crippen LogP contribution >= 0.6 is 0 Å². The lowest BCUT2D eigenvalue weighted by Crippen LogP contribution is -2.58. The number of halogens is 2. The molecule has 28 heavy (non-hydrogen) atoms. The van der Waals surface area contributed by atoms with Crippen LogP contribution in [0.2, 0.25) is 0 Å². The first-order chi connectivity index (χ1) is 13.3. The SMILES string of the molecule is CC1CN(C(=O)C23CCC(c4cc(-c5c(F)cccc5F)nnc42)C3(C)C)C1. The highest BCUT2D eigenvalue weighted by atomic mass is 19.1. The van der Waals surface area contributed by atoms with Crippen LogP contribution in [-0.4, -0.2) is 34.1 Å². The number of nitrogens with zero attached hydrogens (tertiary/aromatic N) is 3. The molecule has 0 N–H and O–H groups in total. The Morgan fingerprint density at radius 3 is 2.50 bits per heavy atom. The summed E-state index contributed by atoms with van der Waals surface area (Å²) in [6, 6.07) is 5.53. The first kappa shape index (κ1) is 17.7. The molecule has 3 aliphatic rings. The zero-order valence-corrected chi connectivity index (χ0v) is 16.3. The molecular weight excluding hydrogens is 360 g/mol. The lowest BCUT2D eigenvalue weighted by atomic mass is 9.67. The average Bonchev–Trinajstić information content (AvgIpc) is 3.00. The van der Waals surface area contributed by atoms with E-state index in [0.717, 1.165) is 31.5 Å². The van der Waals surface area contributed by atoms with Crippen LogP contribution in [0.15, 0.2) is 24.3 Å². The van der Waals surface area contributed by atoms with E-state index in [2.05, 4.69) is 31.0 Å². The first-order valence-electron chi connectivity index (χ1n) is 9.89. The lowest BCUT2D eigenvalue weighted by Gasteiger charge is -2.45. The molecule has 2 fully saturated rings. The summed E-state index contributed by atoms with van der Waals surface area (Å²) in [5, 5.41) is 8.59. The smallest absolute Gasteiger partial charge is 0.235 e. The number of hydrogen-bond donors (Lipinski definition) is 0. The van der Waals surface area contributed by atoms with E-state index >= 15 is 0 Å². The number of aromatic nitrogens is 2. The van der Waals surface area contributed by atoms with Crippen molar-refractivity contribution in [1.29, 1.82) is 0 Å². The molecule has 6 heteroatoms. The van der Waals surface area contributed by atoms with Gasteiger partial charge in [-0.15, -0.1) is 5.10 Å². The molecule has 1 saturated carbocycles. The molecule has 2 bridgehead atoms. The summed E-state index contributed by atoms with van der Waals surface area (Å²) < 4.78 is 28.5. The topological polar surface area (TPSA) is 46.1 Å². The maximum absolute atomic E-state index is 14.3. The average molecular weight is 383 g/mol. The number of benzene rings is 1. The number of fused-ring (bicyclic) bond motifs is 5. The molecule has 2 aliphatic carbocycles. The fourth-order valence-electron chi connectivity index (χ4n) is 5.80. The Kier molecular flexibility index (Phi) is 3.53. The minimum atomic E-state index is -0.688. The van der Waals surface area contributed by atoms with E-state index in [-0.39, 0.29) is 28.5 Å². The van der Waals surface area contributed by atoms with Gasteiger partial charge >= 0.3 is 0 Å². The molecule has 2 heterocycles. The Morgan fingerprint density at radius 2 is 1.86 bits per heavy atom. The van der Waals surface area contributed by atoms with Gasteiger partial charge in [-0.25, -0.2) is 8.78 Å². The number of likely N-dealkylation sites (tertiary alicyclic amines) is 1. The van der Waals surface area contributed by atoms with Crippen molar-refractivity contribution in [2.75, 3.05) is 13.1 Å². The van der Waals surface area contributed by atoms with Crippen molar-refractivity contribution in [3.63, 3.8) is 0 Å². The number of carbonyl (C=O) groups excluding carboxylic acids is 1. The molecule has 0 radical (unpaired) electrons. The molecular formula is C22H23F2N3O. The van der Waals surface area contributed by atoms with Crippen LogP contribution in [0.25, 0.3) is 11.3 Å². The summed E-state index contributed by atoms with van der Waals surface area (Å²) in [5.41, 5.74) is 0.677. The molecule has 1 saturated heterocycles. The fourth-order valence-corrected chi connectivity index (χ4v) is 5.80. The van der Waals surface area contributed by atoms with Crippen LogP contribution in [0.4, 0.5) is 8.78 Å². The third-order valence-corrected chi connectivity index (χ3v) is 7.32. The van der Waals surface area contributed by atoms with Crippen LogP contribution in [0.1, 0.15) is 50.8 Å². The van der Waals surface area contributed by atoms with E-state index in [9.17, 15) is 13.6 Å². The van der Waals surface area contributed by atoms with Crippen molar-refractivity contribution in [2.24, 2.45) is 11.3 Å². The minimum Gasteiger partial charge on any atom is -0.341 e. The van der Waals surface area contributed by atoms with Crippen molar-refractivity contribution < 1.29 is 13.6 Å². The molecule has 1 amide bonds. The van der Waals surface area contributed by atoms with Crippen molar-refractivity contribution >= 4 is 5.91 Å². The van der Waals surface area contributed by atoms with Gasteiger partial charge in [0, 0.05) is 13.1 Å². The van der Waals surface area contributed by atoms with Gasteiger partial charge in [-0.3, -0.25) is 4.79 Å². The number of hydrogen-bond acceptors (Lipinski definition) is 3. The van der Waals surface area contributed by atoms with Crippen LogP contribution in [0.5, 0.6) is 0 Å². The summed E-state index contributed by atoms with van der Waals surface area (Å²) in [6.07, 6.45) is 1.63. The maximum atomic E-state index is 14.3. The molecule has 2 unspecified atom stereocenters. The van der Waals surface area contributed by atoms with E-state index in [1.54, 1.807) is 6.07 Å². The highest BCUT2D eigenvalue weighted by Gasteiger charge is 2.68. The molecule has 0 spiro atoms. The zero-order valence-electron chi connectivity index (χ0n) is 16.3. The van der Waals surface area contributed by atoms with Crippen molar-refractivity contribution in [1.82, 2.24) is 15.1 Å². The summed E-state index contributed by atoms with van der Waals surface area (Å²) in [4.78, 5) is 15.5. The first-order valence-corrected chi connectivity index (χ1v) is 9.89. The van der Waals surface area contributed by atoms with Gasteiger partial charge in [0.1, 0.15) is 11.6 Å². The normalized spacial score (nSPS) is 27.6. The molecule has 146 valence electrons. The maximum Gasteiger partial charge on any atom is 0.235 e. The Bertz CT molecular complexity index is 979. The number of carbonyl (C=O) groups is 1. The van der Waals surface area contributed by atoms with Crippen LogP contribution in [-0.2, 0) is 10.2 Å². The zero-order chi connectivity index (χ0) is 19.8. The Labute approximate surface area is 163 Å². The van der Waals surface area contributed by atoms with E-state index in [4.69, 9.17) is 0 Å². The monoisotopic (exact) mass is 383 g/mol. The third kappa shape index (κ3) is 2.01. The molecule has 1 aromatic carbocycles. The highest BCUT2D eigenvalue weighted by molar-refractivity contribution is 5.92. The van der Waals surface area contributed by atoms with Gasteiger partial charge in [-0.1, -0.05) is 26.8 Å². The third-order valence-electron chi connectivity index (χ3n) is 7.32. The second-order valence-corrected chi connectivity index (χ2v) is 9.16. The largest absolute Gasteiger partial charge is 0.341 e. The molecule has 1 aliphatic heterocycles. The van der Waals surface area contributed by atoms with Gasteiger partial charge < -0.3 is 4.90 Å². The van der Waals surface area contributed by atoms with Gasteiger partial charge in [0.25, 0.3) is 0 Å². The predicted molar refractivity (Wildman–Crippen MR) is 101 cm³/mol. The van der Waals surface area contributed by atoms with E-state index < -0.39 is 17.0 Å². The van der Waals surface area contributed by atoms with Gasteiger partial charge in [0.15, 0.2) is 0 Å². The number of amides is 1. The minimum absolute atomic E-state index is 0.134. The molecule has 5 rings (SSSR count).